The molecule has 3 heteroatoms. The molecule has 0 aliphatic rings. The van der Waals surface area contributed by atoms with Crippen LogP contribution in [0.5, 0.6) is 0 Å². The Balaban J connectivity index is 1.70. The zero-order valence-electron chi connectivity index (χ0n) is 18.6. The quantitative estimate of drug-likeness (QED) is 0.150. The predicted octanol–water partition coefficient (Wildman–Crippen LogP) is 7.60. The van der Waals surface area contributed by atoms with E-state index in [1.807, 2.05) is 54.6 Å². The summed E-state index contributed by atoms with van der Waals surface area (Å²) in [4.78, 5) is 28.3. The Labute approximate surface area is 199 Å². The number of thioether (sulfide) groups is 1. The molecule has 33 heavy (non-hydrogen) atoms. The fraction of sp³-hybridized carbons (Fsp3) is 0.133. The fourth-order valence-electron chi connectivity index (χ4n) is 3.86. The van der Waals surface area contributed by atoms with Gasteiger partial charge in [-0.25, -0.2) is 0 Å². The van der Waals surface area contributed by atoms with Gasteiger partial charge in [0.05, 0.1) is 5.92 Å². The third-order valence-electron chi connectivity index (χ3n) is 5.67. The molecule has 4 aromatic rings. The zero-order valence-corrected chi connectivity index (χ0v) is 19.4. The number of carbonyl (C=O) groups is 2. The third-order valence-corrected chi connectivity index (χ3v) is 6.96. The highest BCUT2D eigenvalue weighted by Crippen LogP contribution is 2.41. The van der Waals surface area contributed by atoms with Gasteiger partial charge in [0, 0.05) is 21.3 Å². The van der Waals surface area contributed by atoms with E-state index in [-0.39, 0.29) is 16.8 Å². The number of ketones is 2. The lowest BCUT2D eigenvalue weighted by molar-refractivity contribution is 0.0799. The number of hydrogen-bond donors (Lipinski definition) is 0. The van der Waals surface area contributed by atoms with Crippen molar-refractivity contribution in [2.45, 2.75) is 23.5 Å². The summed E-state index contributed by atoms with van der Waals surface area (Å²) in [5.74, 6) is -1.03. The van der Waals surface area contributed by atoms with Crippen molar-refractivity contribution in [2.75, 3.05) is 0 Å². The first-order chi connectivity index (χ1) is 16.1. The Morgan fingerprint density at radius 3 is 1.58 bits per heavy atom. The molecule has 0 saturated carbocycles. The molecule has 0 saturated heterocycles. The molecule has 1 unspecified atom stereocenters. The van der Waals surface area contributed by atoms with Crippen LogP contribution in [0, 0.1) is 12.8 Å². The Bertz CT molecular complexity index is 1140. The maximum absolute atomic E-state index is 13.6. The summed E-state index contributed by atoms with van der Waals surface area (Å²) >= 11 is 1.70. The van der Waals surface area contributed by atoms with Crippen LogP contribution in [0.3, 0.4) is 0 Å². The van der Waals surface area contributed by atoms with E-state index in [9.17, 15) is 9.59 Å². The first-order valence-corrected chi connectivity index (χ1v) is 12.0. The van der Waals surface area contributed by atoms with Crippen molar-refractivity contribution in [1.29, 1.82) is 0 Å². The number of hydrogen-bond acceptors (Lipinski definition) is 3. The van der Waals surface area contributed by atoms with Gasteiger partial charge >= 0.3 is 0 Å². The first kappa shape index (κ1) is 22.8. The van der Waals surface area contributed by atoms with Gasteiger partial charge in [-0.1, -0.05) is 109 Å². The molecule has 0 aromatic heterocycles. The average molecular weight is 451 g/mol. The monoisotopic (exact) mass is 450 g/mol. The Kier molecular flexibility index (Phi) is 7.54. The molecule has 4 aromatic carbocycles. The second kappa shape index (κ2) is 10.9. The highest BCUT2D eigenvalue weighted by atomic mass is 32.2. The van der Waals surface area contributed by atoms with Gasteiger partial charge in [0.25, 0.3) is 0 Å². The van der Waals surface area contributed by atoms with E-state index in [2.05, 4.69) is 43.3 Å². The van der Waals surface area contributed by atoms with Gasteiger partial charge in [0.1, 0.15) is 0 Å². The molecular weight excluding hydrogens is 424 g/mol. The van der Waals surface area contributed by atoms with Crippen LogP contribution < -0.4 is 0 Å². The number of aryl methyl sites for hydroxylation is 1. The van der Waals surface area contributed by atoms with Gasteiger partial charge in [-0.05, 0) is 31.0 Å². The number of benzene rings is 4. The molecule has 0 bridgehead atoms. The minimum atomic E-state index is -0.766. The topological polar surface area (TPSA) is 34.1 Å². The molecule has 0 fully saturated rings. The van der Waals surface area contributed by atoms with Crippen LogP contribution in [0.2, 0.25) is 0 Å². The Morgan fingerprint density at radius 1 is 0.636 bits per heavy atom. The summed E-state index contributed by atoms with van der Waals surface area (Å²) in [6, 6.07) is 36.8. The minimum absolute atomic E-state index is 0.0424. The van der Waals surface area contributed by atoms with Gasteiger partial charge in [-0.15, -0.1) is 11.8 Å². The molecule has 0 amide bonds. The van der Waals surface area contributed by atoms with E-state index in [0.717, 1.165) is 10.5 Å². The van der Waals surface area contributed by atoms with E-state index >= 15 is 0 Å². The van der Waals surface area contributed by atoms with Crippen LogP contribution in [-0.4, -0.2) is 11.6 Å². The molecule has 0 heterocycles. The van der Waals surface area contributed by atoms with Crippen molar-refractivity contribution in [3.8, 4) is 0 Å². The zero-order chi connectivity index (χ0) is 23.0. The lowest BCUT2D eigenvalue weighted by atomic mass is 9.85. The van der Waals surface area contributed by atoms with Gasteiger partial charge in [-0.3, -0.25) is 9.59 Å². The maximum Gasteiger partial charge on any atom is 0.173 e. The van der Waals surface area contributed by atoms with Crippen molar-refractivity contribution < 1.29 is 9.59 Å². The van der Waals surface area contributed by atoms with E-state index in [1.54, 1.807) is 36.0 Å². The van der Waals surface area contributed by atoms with Gasteiger partial charge in [0.2, 0.25) is 0 Å². The largest absolute Gasteiger partial charge is 0.293 e. The molecule has 164 valence electrons. The fourth-order valence-corrected chi connectivity index (χ4v) is 5.06. The average Bonchev–Trinajstić information content (AvgIpc) is 2.88. The van der Waals surface area contributed by atoms with Crippen LogP contribution in [0.25, 0.3) is 0 Å². The summed E-state index contributed by atoms with van der Waals surface area (Å²) in [6.45, 7) is 2.07. The van der Waals surface area contributed by atoms with Gasteiger partial charge < -0.3 is 0 Å². The molecule has 2 nitrogen and oxygen atoms in total. The van der Waals surface area contributed by atoms with E-state index in [1.165, 1.54) is 5.56 Å². The van der Waals surface area contributed by atoms with Crippen molar-refractivity contribution >= 4 is 23.3 Å². The molecule has 0 aliphatic heterocycles. The Hall–Kier alpha value is -3.43. The summed E-state index contributed by atoms with van der Waals surface area (Å²) < 4.78 is 0. The van der Waals surface area contributed by atoms with Crippen molar-refractivity contribution in [3.63, 3.8) is 0 Å². The first-order valence-electron chi connectivity index (χ1n) is 11.1. The molecule has 0 aliphatic carbocycles. The number of rotatable bonds is 9. The minimum Gasteiger partial charge on any atom is -0.293 e. The summed E-state index contributed by atoms with van der Waals surface area (Å²) in [6.07, 6.45) is 0.421. The molecule has 0 spiro atoms. The second-order valence-corrected chi connectivity index (χ2v) is 9.36. The smallest absolute Gasteiger partial charge is 0.173 e. The SMILES string of the molecule is Cc1ccc(SC(CC(C(=O)c2ccccc2)C(=O)c2ccccc2)c2ccccc2)cc1. The number of Topliss-reactive ketones (excluding diaryl/α,β-unsaturated/α-hetero) is 2. The summed E-state index contributed by atoms with van der Waals surface area (Å²) in [5.41, 5.74) is 3.44. The highest BCUT2D eigenvalue weighted by Gasteiger charge is 2.32. The summed E-state index contributed by atoms with van der Waals surface area (Å²) in [5, 5.41) is -0.0424. The van der Waals surface area contributed by atoms with Crippen molar-refractivity contribution in [2.24, 2.45) is 5.92 Å². The standard InChI is InChI=1S/C30H26O2S/c1-22-17-19-26(20-18-22)33-28(23-11-5-2-6-12-23)21-27(29(31)24-13-7-3-8-14-24)30(32)25-15-9-4-10-16-25/h2-20,27-28H,21H2,1H3. The lowest BCUT2D eigenvalue weighted by Gasteiger charge is -2.23. The normalized spacial score (nSPS) is 11.8. The van der Waals surface area contributed by atoms with Crippen LogP contribution in [0.1, 0.15) is 43.5 Å². The molecule has 4 rings (SSSR count). The molecule has 1 atom stereocenters. The van der Waals surface area contributed by atoms with Crippen LogP contribution in [0.15, 0.2) is 120 Å². The van der Waals surface area contributed by atoms with E-state index < -0.39 is 5.92 Å². The van der Waals surface area contributed by atoms with Crippen LogP contribution in [-0.2, 0) is 0 Å². The Morgan fingerprint density at radius 2 is 1.09 bits per heavy atom. The third kappa shape index (κ3) is 5.88. The van der Waals surface area contributed by atoms with E-state index in [4.69, 9.17) is 0 Å². The highest BCUT2D eigenvalue weighted by molar-refractivity contribution is 7.99. The van der Waals surface area contributed by atoms with Crippen molar-refractivity contribution in [3.05, 3.63) is 138 Å². The van der Waals surface area contributed by atoms with Crippen molar-refractivity contribution in [1.82, 2.24) is 0 Å². The second-order valence-electron chi connectivity index (χ2n) is 8.08. The van der Waals surface area contributed by atoms with Crippen LogP contribution in [0.4, 0.5) is 0 Å². The molecule has 0 radical (unpaired) electrons. The molecular formula is C30H26O2S. The van der Waals surface area contributed by atoms with Crippen LogP contribution >= 0.6 is 11.8 Å². The maximum atomic E-state index is 13.6. The van der Waals surface area contributed by atoms with E-state index in [0.29, 0.717) is 17.5 Å². The summed E-state index contributed by atoms with van der Waals surface area (Å²) in [7, 11) is 0. The van der Waals surface area contributed by atoms with Gasteiger partial charge in [-0.2, -0.15) is 0 Å². The number of carbonyl (C=O) groups excluding carboxylic acids is 2. The molecule has 0 N–H and O–H groups in total. The lowest BCUT2D eigenvalue weighted by Crippen LogP contribution is -2.26. The van der Waals surface area contributed by atoms with Gasteiger partial charge in [0.15, 0.2) is 11.6 Å². The predicted molar refractivity (Wildman–Crippen MR) is 136 cm³/mol.